The van der Waals surface area contributed by atoms with Gasteiger partial charge in [0.2, 0.25) is 5.91 Å². The molecule has 0 bridgehead atoms. The van der Waals surface area contributed by atoms with Crippen LogP contribution in [0, 0.1) is 13.8 Å². The highest BCUT2D eigenvalue weighted by Gasteiger charge is 2.36. The SMILES string of the molecule is Cc1cccc(N2CCN(C(=O)Cn3nc(C(=O)N4CC[C@@H]([NH3+])[C@H](F)C4)c4c3CCC4)CC2)c1C. The monoisotopic (exact) mass is 483 g/mol. The summed E-state index contributed by atoms with van der Waals surface area (Å²) in [6, 6.07) is 6.09. The van der Waals surface area contributed by atoms with Gasteiger partial charge in [0.05, 0.1) is 6.54 Å². The Morgan fingerprint density at radius 3 is 2.60 bits per heavy atom. The number of anilines is 1. The van der Waals surface area contributed by atoms with Gasteiger partial charge in [0.25, 0.3) is 5.91 Å². The molecule has 2 aliphatic heterocycles. The van der Waals surface area contributed by atoms with Gasteiger partial charge in [-0.15, -0.1) is 0 Å². The molecule has 2 saturated heterocycles. The molecule has 0 saturated carbocycles. The second-order valence-corrected chi connectivity index (χ2v) is 10.2. The number of carbonyl (C=O) groups is 2. The van der Waals surface area contributed by atoms with Gasteiger partial charge in [0.15, 0.2) is 11.9 Å². The lowest BCUT2D eigenvalue weighted by molar-refractivity contribution is -0.437. The van der Waals surface area contributed by atoms with Crippen molar-refractivity contribution >= 4 is 17.5 Å². The van der Waals surface area contributed by atoms with Crippen LogP contribution < -0.4 is 10.6 Å². The molecule has 0 spiro atoms. The summed E-state index contributed by atoms with van der Waals surface area (Å²) >= 11 is 0. The topological polar surface area (TPSA) is 89.3 Å². The van der Waals surface area contributed by atoms with Gasteiger partial charge in [0.1, 0.15) is 12.6 Å². The third kappa shape index (κ3) is 4.53. The minimum Gasteiger partial charge on any atom is -0.368 e. The van der Waals surface area contributed by atoms with Gasteiger partial charge < -0.3 is 20.4 Å². The smallest absolute Gasteiger partial charge is 0.274 e. The average Bonchev–Trinajstić information content (AvgIpc) is 3.46. The van der Waals surface area contributed by atoms with Crippen LogP contribution in [0.25, 0.3) is 0 Å². The predicted molar refractivity (Wildman–Crippen MR) is 131 cm³/mol. The van der Waals surface area contributed by atoms with Crippen LogP contribution in [0.5, 0.6) is 0 Å². The quantitative estimate of drug-likeness (QED) is 0.706. The van der Waals surface area contributed by atoms with Crippen LogP contribution in [0.2, 0.25) is 0 Å². The van der Waals surface area contributed by atoms with E-state index in [1.54, 1.807) is 9.58 Å². The molecule has 2 amide bonds. The lowest BCUT2D eigenvalue weighted by Gasteiger charge is -2.37. The van der Waals surface area contributed by atoms with Crippen LogP contribution in [0.3, 0.4) is 0 Å². The van der Waals surface area contributed by atoms with Crippen molar-refractivity contribution in [1.29, 1.82) is 0 Å². The molecule has 3 aliphatic rings. The molecule has 35 heavy (non-hydrogen) atoms. The first-order chi connectivity index (χ1) is 16.8. The first-order valence-corrected chi connectivity index (χ1v) is 12.8. The predicted octanol–water partition coefficient (Wildman–Crippen LogP) is 1.13. The standard InChI is InChI=1S/C26H35FN6O2/c1-17-5-3-7-22(18(17)2)30-11-13-31(14-12-30)24(34)16-33-23-8-4-6-19(23)25(29-33)26(35)32-10-9-21(28)20(27)15-32/h3,5,7,20-21H,4,6,8-16,28H2,1-2H3/p+1/t20-,21-/m1/s1. The van der Waals surface area contributed by atoms with E-state index < -0.39 is 6.17 Å². The molecule has 2 fully saturated rings. The zero-order valence-electron chi connectivity index (χ0n) is 20.8. The number of quaternary nitrogens is 1. The molecule has 1 aromatic heterocycles. The van der Waals surface area contributed by atoms with Crippen LogP contribution in [0.4, 0.5) is 10.1 Å². The number of rotatable bonds is 4. The van der Waals surface area contributed by atoms with Crippen molar-refractivity contribution in [3.8, 4) is 0 Å². The van der Waals surface area contributed by atoms with Crippen molar-refractivity contribution in [3.63, 3.8) is 0 Å². The highest BCUT2D eigenvalue weighted by molar-refractivity contribution is 5.94. The molecular formula is C26H36FN6O2+. The maximum absolute atomic E-state index is 14.2. The summed E-state index contributed by atoms with van der Waals surface area (Å²) in [6.07, 6.45) is 2.00. The van der Waals surface area contributed by atoms with Gasteiger partial charge in [-0.3, -0.25) is 14.3 Å². The Morgan fingerprint density at radius 1 is 1.09 bits per heavy atom. The van der Waals surface area contributed by atoms with Gasteiger partial charge in [-0.25, -0.2) is 4.39 Å². The number of hydrogen-bond donors (Lipinski definition) is 1. The fraction of sp³-hybridized carbons (Fsp3) is 0.577. The molecule has 188 valence electrons. The molecule has 1 aromatic carbocycles. The maximum Gasteiger partial charge on any atom is 0.274 e. The summed E-state index contributed by atoms with van der Waals surface area (Å²) in [6.45, 7) is 7.90. The second-order valence-electron chi connectivity index (χ2n) is 10.2. The fourth-order valence-electron chi connectivity index (χ4n) is 5.60. The summed E-state index contributed by atoms with van der Waals surface area (Å²) in [4.78, 5) is 32.2. The summed E-state index contributed by atoms with van der Waals surface area (Å²) in [5, 5.41) is 4.60. The average molecular weight is 484 g/mol. The molecular weight excluding hydrogens is 447 g/mol. The Hall–Kier alpha value is -2.94. The van der Waals surface area contributed by atoms with E-state index in [0.717, 1.165) is 43.6 Å². The van der Waals surface area contributed by atoms with E-state index in [2.05, 4.69) is 47.8 Å². The maximum atomic E-state index is 14.2. The Kier molecular flexibility index (Phi) is 6.53. The van der Waals surface area contributed by atoms with E-state index in [1.807, 2.05) is 4.90 Å². The summed E-state index contributed by atoms with van der Waals surface area (Å²) in [5.74, 6) is -0.186. The molecule has 9 heteroatoms. The lowest BCUT2D eigenvalue weighted by atomic mass is 10.0. The van der Waals surface area contributed by atoms with Crippen molar-refractivity contribution in [2.75, 3.05) is 44.2 Å². The Morgan fingerprint density at radius 2 is 1.86 bits per heavy atom. The van der Waals surface area contributed by atoms with Crippen LogP contribution >= 0.6 is 0 Å². The van der Waals surface area contributed by atoms with Crippen molar-refractivity contribution in [1.82, 2.24) is 19.6 Å². The Labute approximate surface area is 205 Å². The van der Waals surface area contributed by atoms with E-state index in [-0.39, 0.29) is 30.9 Å². The highest BCUT2D eigenvalue weighted by Crippen LogP contribution is 2.28. The van der Waals surface area contributed by atoms with Crippen LogP contribution in [0.1, 0.15) is 45.7 Å². The third-order valence-electron chi connectivity index (χ3n) is 8.01. The number of amides is 2. The van der Waals surface area contributed by atoms with Gasteiger partial charge in [-0.2, -0.15) is 5.10 Å². The van der Waals surface area contributed by atoms with E-state index in [4.69, 9.17) is 0 Å². The molecule has 8 nitrogen and oxygen atoms in total. The molecule has 1 aliphatic carbocycles. The van der Waals surface area contributed by atoms with Crippen LogP contribution in [0.15, 0.2) is 18.2 Å². The Bertz CT molecular complexity index is 1120. The number of benzene rings is 1. The van der Waals surface area contributed by atoms with E-state index >= 15 is 0 Å². The van der Waals surface area contributed by atoms with Crippen LogP contribution in [-0.4, -0.2) is 82.9 Å². The number of piperazine rings is 1. The number of alkyl halides is 1. The third-order valence-corrected chi connectivity index (χ3v) is 8.01. The zero-order valence-corrected chi connectivity index (χ0v) is 20.8. The summed E-state index contributed by atoms with van der Waals surface area (Å²) in [5.41, 5.74) is 9.97. The largest absolute Gasteiger partial charge is 0.368 e. The minimum absolute atomic E-state index is 0.0310. The first kappa shape index (κ1) is 23.8. The normalized spacial score (nSPS) is 22.5. The molecule has 3 heterocycles. The number of hydrogen-bond acceptors (Lipinski definition) is 4. The molecule has 0 radical (unpaired) electrons. The number of likely N-dealkylation sites (tertiary alicyclic amines) is 1. The van der Waals surface area contributed by atoms with Gasteiger partial charge in [0, 0.05) is 56.1 Å². The number of carbonyl (C=O) groups excluding carboxylic acids is 2. The summed E-state index contributed by atoms with van der Waals surface area (Å²) < 4.78 is 15.9. The number of nitrogens with zero attached hydrogens (tertiary/aromatic N) is 5. The van der Waals surface area contributed by atoms with Crippen molar-refractivity contribution < 1.29 is 19.7 Å². The molecule has 2 atom stereocenters. The number of halogens is 1. The molecule has 3 N–H and O–H groups in total. The van der Waals surface area contributed by atoms with E-state index in [1.165, 1.54) is 16.8 Å². The number of piperidine rings is 1. The lowest BCUT2D eigenvalue weighted by Crippen LogP contribution is -2.70. The van der Waals surface area contributed by atoms with Crippen molar-refractivity contribution in [2.24, 2.45) is 0 Å². The molecule has 2 aromatic rings. The van der Waals surface area contributed by atoms with Gasteiger partial charge in [-0.1, -0.05) is 12.1 Å². The highest BCUT2D eigenvalue weighted by atomic mass is 19.1. The summed E-state index contributed by atoms with van der Waals surface area (Å²) in [7, 11) is 0. The number of aryl methyl sites for hydroxylation is 1. The zero-order chi connectivity index (χ0) is 24.7. The molecule has 0 unspecified atom stereocenters. The molecule has 5 rings (SSSR count). The first-order valence-electron chi connectivity index (χ1n) is 12.8. The number of aromatic nitrogens is 2. The van der Waals surface area contributed by atoms with Crippen molar-refractivity contribution in [2.45, 2.75) is 58.3 Å². The Balaban J connectivity index is 1.25. The fourth-order valence-corrected chi connectivity index (χ4v) is 5.60. The van der Waals surface area contributed by atoms with E-state index in [9.17, 15) is 14.0 Å². The van der Waals surface area contributed by atoms with E-state index in [0.29, 0.717) is 31.7 Å². The second kappa shape index (κ2) is 9.60. The van der Waals surface area contributed by atoms with Crippen LogP contribution in [-0.2, 0) is 24.2 Å². The van der Waals surface area contributed by atoms with Gasteiger partial charge in [-0.05, 0) is 50.3 Å². The van der Waals surface area contributed by atoms with Gasteiger partial charge >= 0.3 is 0 Å². The number of fused-ring (bicyclic) bond motifs is 1. The minimum atomic E-state index is -1.10. The van der Waals surface area contributed by atoms with Crippen molar-refractivity contribution in [3.05, 3.63) is 46.3 Å².